The van der Waals surface area contributed by atoms with Gasteiger partial charge in [-0.1, -0.05) is 12.1 Å². The van der Waals surface area contributed by atoms with Gasteiger partial charge in [-0.05, 0) is 42.3 Å². The SMILES string of the molecule is O=C1CCC(N2Cc3ccc(N4CCN(Cc5cnc(O[C@H]6CN7c8cc(-c9cccc(F)c9O)nnc8NC[C@]7(C(F)F)C6)cn5)CC4)cc3C2=O)C(=O)N1. The molecule has 2 aromatic heterocycles. The van der Waals surface area contributed by atoms with Crippen LogP contribution in [0, 0.1) is 5.82 Å². The Hall–Kier alpha value is -6.04. The number of hydrogen-bond donors (Lipinski definition) is 3. The second kappa shape index (κ2) is 13.9. The summed E-state index contributed by atoms with van der Waals surface area (Å²) in [5.41, 5.74) is 2.06. The minimum atomic E-state index is -2.74. The number of carbonyl (C=O) groups excluding carboxylic acids is 3. The van der Waals surface area contributed by atoms with E-state index in [0.29, 0.717) is 36.6 Å². The quantitative estimate of drug-likeness (QED) is 0.224. The van der Waals surface area contributed by atoms with E-state index in [-0.39, 0.29) is 54.9 Å². The van der Waals surface area contributed by atoms with E-state index in [0.717, 1.165) is 49.2 Å². The van der Waals surface area contributed by atoms with Crippen LogP contribution >= 0.6 is 0 Å². The van der Waals surface area contributed by atoms with Gasteiger partial charge in [0.1, 0.15) is 17.7 Å². The molecule has 5 aliphatic rings. The first-order chi connectivity index (χ1) is 27.1. The number of rotatable bonds is 8. The van der Waals surface area contributed by atoms with Crippen LogP contribution in [0.25, 0.3) is 11.3 Å². The van der Waals surface area contributed by atoms with Gasteiger partial charge in [0, 0.05) is 75.5 Å². The zero-order valence-corrected chi connectivity index (χ0v) is 30.0. The number of nitrogens with zero attached hydrogens (tertiary/aromatic N) is 8. The number of piperidine rings is 1. The number of nitrogens with one attached hydrogen (secondary N) is 2. The molecule has 1 unspecified atom stereocenters. The number of benzene rings is 2. The molecule has 0 bridgehead atoms. The van der Waals surface area contributed by atoms with Crippen LogP contribution in [0.1, 0.15) is 40.9 Å². The van der Waals surface area contributed by atoms with Crippen molar-refractivity contribution in [2.24, 2.45) is 0 Å². The summed E-state index contributed by atoms with van der Waals surface area (Å²) in [6.07, 6.45) is 0.243. The summed E-state index contributed by atoms with van der Waals surface area (Å²) in [7, 11) is 0. The van der Waals surface area contributed by atoms with Crippen molar-refractivity contribution < 1.29 is 37.4 Å². The second-order valence-electron chi connectivity index (χ2n) is 14.8. The third-order valence-corrected chi connectivity index (χ3v) is 11.4. The molecule has 2 aromatic carbocycles. The first-order valence-electron chi connectivity index (χ1n) is 18.4. The van der Waals surface area contributed by atoms with Crippen LogP contribution < -0.4 is 25.2 Å². The van der Waals surface area contributed by atoms with Crippen molar-refractivity contribution in [3.8, 4) is 22.9 Å². The minimum Gasteiger partial charge on any atom is -0.504 e. The number of para-hydroxylation sites is 1. The Balaban J connectivity index is 0.811. The Bertz CT molecular complexity index is 2220. The highest BCUT2D eigenvalue weighted by molar-refractivity contribution is 6.05. The van der Waals surface area contributed by atoms with Crippen LogP contribution in [0.3, 0.4) is 0 Å². The number of hydrogen-bond acceptors (Lipinski definition) is 13. The summed E-state index contributed by atoms with van der Waals surface area (Å²) in [5.74, 6) is -1.87. The summed E-state index contributed by atoms with van der Waals surface area (Å²) < 4.78 is 49.9. The Morgan fingerprint density at radius 1 is 1.00 bits per heavy atom. The minimum absolute atomic E-state index is 0.00976. The van der Waals surface area contributed by atoms with E-state index in [1.807, 2.05) is 18.2 Å². The Morgan fingerprint density at radius 3 is 2.61 bits per heavy atom. The molecule has 7 heterocycles. The van der Waals surface area contributed by atoms with Crippen molar-refractivity contribution in [2.75, 3.05) is 54.4 Å². The monoisotopic (exact) mass is 770 g/mol. The lowest BCUT2D eigenvalue weighted by atomic mass is 9.93. The smallest absolute Gasteiger partial charge is 0.263 e. The van der Waals surface area contributed by atoms with Crippen molar-refractivity contribution in [3.63, 3.8) is 0 Å². The molecule has 290 valence electrons. The molecule has 9 rings (SSSR count). The van der Waals surface area contributed by atoms with E-state index in [1.54, 1.807) is 16.0 Å². The molecule has 0 aliphatic carbocycles. The van der Waals surface area contributed by atoms with Crippen molar-refractivity contribution in [1.82, 2.24) is 35.3 Å². The average Bonchev–Trinajstić information content (AvgIpc) is 3.74. The van der Waals surface area contributed by atoms with E-state index < -0.39 is 41.6 Å². The lowest BCUT2D eigenvalue weighted by Crippen LogP contribution is -2.57. The number of phenols is 1. The van der Waals surface area contributed by atoms with Gasteiger partial charge in [-0.2, -0.15) is 0 Å². The van der Waals surface area contributed by atoms with Gasteiger partial charge in [-0.25, -0.2) is 18.2 Å². The highest BCUT2D eigenvalue weighted by Crippen LogP contribution is 2.46. The number of aromatic nitrogens is 4. The summed E-state index contributed by atoms with van der Waals surface area (Å²) >= 11 is 0. The lowest BCUT2D eigenvalue weighted by molar-refractivity contribution is -0.136. The molecular weight excluding hydrogens is 733 g/mol. The standard InChI is InChI=1S/C38H37F3N10O5/c39-27-3-1-2-25(33(27)53)28-13-30-34(47-46-28)44-20-38(37(40)41)14-24(19-51(30)38)56-32-16-42-22(15-43-32)18-48-8-10-49(11-9-48)23-5-4-21-17-50(36(55)26(21)12-23)29-6-7-31(52)45-35(29)54/h1-5,12-13,15-16,24,29,37,53H,6-11,14,17-20H2,(H,44,47)(H,45,52,54)/t24-,29?,38+/m1/s1. The van der Waals surface area contributed by atoms with Gasteiger partial charge >= 0.3 is 0 Å². The van der Waals surface area contributed by atoms with Crippen LogP contribution in [0.4, 0.5) is 30.4 Å². The predicted molar refractivity (Wildman–Crippen MR) is 195 cm³/mol. The number of alkyl halides is 2. The zero-order chi connectivity index (χ0) is 38.7. The van der Waals surface area contributed by atoms with Crippen LogP contribution in [0.5, 0.6) is 11.6 Å². The van der Waals surface area contributed by atoms with E-state index in [1.165, 1.54) is 24.4 Å². The fraction of sp³-hybridized carbons (Fsp3) is 0.395. The number of piperazine rings is 1. The van der Waals surface area contributed by atoms with E-state index in [4.69, 9.17) is 4.74 Å². The van der Waals surface area contributed by atoms with Crippen molar-refractivity contribution in [1.29, 1.82) is 0 Å². The molecule has 0 radical (unpaired) electrons. The molecule has 0 spiro atoms. The summed E-state index contributed by atoms with van der Waals surface area (Å²) in [6, 6.07) is 10.7. The predicted octanol–water partition coefficient (Wildman–Crippen LogP) is 2.95. The molecule has 3 N–H and O–H groups in total. The summed E-state index contributed by atoms with van der Waals surface area (Å²) in [6.45, 7) is 3.80. The molecule has 3 saturated heterocycles. The number of halogens is 3. The maximum Gasteiger partial charge on any atom is 0.263 e. The Morgan fingerprint density at radius 2 is 1.84 bits per heavy atom. The van der Waals surface area contributed by atoms with E-state index >= 15 is 0 Å². The third-order valence-electron chi connectivity index (χ3n) is 11.4. The van der Waals surface area contributed by atoms with E-state index in [2.05, 4.69) is 40.6 Å². The molecule has 3 amide bonds. The lowest BCUT2D eigenvalue weighted by Gasteiger charge is -2.43. The Kier molecular flexibility index (Phi) is 8.86. The van der Waals surface area contributed by atoms with Gasteiger partial charge in [0.2, 0.25) is 17.7 Å². The number of aromatic hydroxyl groups is 1. The van der Waals surface area contributed by atoms with Gasteiger partial charge in [0.05, 0.1) is 36.0 Å². The van der Waals surface area contributed by atoms with E-state index in [9.17, 15) is 32.7 Å². The number of ether oxygens (including phenoxy) is 1. The molecule has 15 nitrogen and oxygen atoms in total. The molecule has 18 heteroatoms. The maximum absolute atomic E-state index is 14.8. The number of fused-ring (bicyclic) bond motifs is 4. The molecule has 0 saturated carbocycles. The molecule has 3 atom stereocenters. The third kappa shape index (κ3) is 6.26. The molecule has 56 heavy (non-hydrogen) atoms. The van der Waals surface area contributed by atoms with Gasteiger partial charge in [-0.15, -0.1) is 10.2 Å². The normalized spacial score (nSPS) is 23.5. The van der Waals surface area contributed by atoms with Crippen molar-refractivity contribution in [3.05, 3.63) is 77.5 Å². The van der Waals surface area contributed by atoms with Gasteiger partial charge in [0.25, 0.3) is 12.3 Å². The number of amides is 3. The fourth-order valence-electron chi connectivity index (χ4n) is 8.42. The molecule has 4 aromatic rings. The van der Waals surface area contributed by atoms with Gasteiger partial charge in [0.15, 0.2) is 17.4 Å². The van der Waals surface area contributed by atoms with Crippen LogP contribution in [0.2, 0.25) is 0 Å². The molecule has 3 fully saturated rings. The zero-order valence-electron chi connectivity index (χ0n) is 30.0. The molecule has 5 aliphatic heterocycles. The molecular formula is C38H37F3N10O5. The first kappa shape index (κ1) is 35.6. The fourth-order valence-corrected chi connectivity index (χ4v) is 8.42. The second-order valence-corrected chi connectivity index (χ2v) is 14.8. The maximum atomic E-state index is 14.8. The topological polar surface area (TPSA) is 169 Å². The van der Waals surface area contributed by atoms with Gasteiger partial charge < -0.3 is 29.9 Å². The highest BCUT2D eigenvalue weighted by Gasteiger charge is 2.56. The van der Waals surface area contributed by atoms with Gasteiger partial charge in [-0.3, -0.25) is 29.6 Å². The average molecular weight is 771 g/mol. The summed E-state index contributed by atoms with van der Waals surface area (Å²) in [5, 5.41) is 23.8. The van der Waals surface area contributed by atoms with Crippen molar-refractivity contribution >= 4 is 34.9 Å². The highest BCUT2D eigenvalue weighted by atomic mass is 19.3. The van der Waals surface area contributed by atoms with Crippen LogP contribution in [-0.2, 0) is 22.7 Å². The largest absolute Gasteiger partial charge is 0.504 e. The Labute approximate surface area is 318 Å². The van der Waals surface area contributed by atoms with Crippen LogP contribution in [-0.4, -0.2) is 116 Å². The number of imide groups is 1. The number of anilines is 3. The summed E-state index contributed by atoms with van der Waals surface area (Å²) in [4.78, 5) is 53.9. The van der Waals surface area contributed by atoms with Crippen LogP contribution in [0.15, 0.2) is 54.9 Å². The van der Waals surface area contributed by atoms with Crippen molar-refractivity contribution in [2.45, 2.75) is 56.5 Å². The number of carbonyl (C=O) groups is 3. The number of phenolic OH excluding ortho intramolecular Hbond substituents is 1. The first-order valence-corrected chi connectivity index (χ1v) is 18.4.